The number of benzene rings is 1. The lowest BCUT2D eigenvalue weighted by molar-refractivity contribution is -0.135. The minimum absolute atomic E-state index is 0.0433. The molecule has 148 valence electrons. The van der Waals surface area contributed by atoms with E-state index in [1.165, 1.54) is 18.4 Å². The number of carbonyl (C=O) groups excluding carboxylic acids is 2. The lowest BCUT2D eigenvalue weighted by atomic mass is 9.95. The van der Waals surface area contributed by atoms with Gasteiger partial charge in [0, 0.05) is 39.1 Å². The van der Waals surface area contributed by atoms with Gasteiger partial charge in [0.1, 0.15) is 0 Å². The van der Waals surface area contributed by atoms with E-state index in [-0.39, 0.29) is 17.7 Å². The average Bonchev–Trinajstić information content (AvgIpc) is 2.72. The van der Waals surface area contributed by atoms with Crippen LogP contribution in [-0.4, -0.2) is 54.3 Å². The second-order valence-electron chi connectivity index (χ2n) is 8.01. The number of rotatable bonds is 6. The molecule has 3 rings (SSSR count). The van der Waals surface area contributed by atoms with Gasteiger partial charge in [0.15, 0.2) is 0 Å². The number of hydrogen-bond acceptors (Lipinski definition) is 3. The number of nitrogens with one attached hydrogen (secondary N) is 1. The van der Waals surface area contributed by atoms with Crippen LogP contribution in [0.3, 0.4) is 0 Å². The van der Waals surface area contributed by atoms with Crippen molar-refractivity contribution < 1.29 is 9.59 Å². The molecule has 0 aliphatic carbocycles. The van der Waals surface area contributed by atoms with E-state index in [9.17, 15) is 9.59 Å². The summed E-state index contributed by atoms with van der Waals surface area (Å²) in [6, 6.07) is 10.6. The molecule has 1 aromatic rings. The monoisotopic (exact) mass is 371 g/mol. The number of likely N-dealkylation sites (tertiary alicyclic amines) is 2. The molecular weight excluding hydrogens is 338 g/mol. The van der Waals surface area contributed by atoms with Gasteiger partial charge in [0.2, 0.25) is 11.8 Å². The molecule has 2 amide bonds. The summed E-state index contributed by atoms with van der Waals surface area (Å²) in [4.78, 5) is 28.9. The molecule has 5 nitrogen and oxygen atoms in total. The third-order valence-electron chi connectivity index (χ3n) is 5.86. The Bertz CT molecular complexity index is 619. The fourth-order valence-electron chi connectivity index (χ4n) is 4.33. The third kappa shape index (κ3) is 5.80. The molecule has 0 saturated carbocycles. The Morgan fingerprint density at radius 1 is 1.07 bits per heavy atom. The van der Waals surface area contributed by atoms with Crippen molar-refractivity contribution in [3.8, 4) is 0 Å². The molecule has 2 saturated heterocycles. The van der Waals surface area contributed by atoms with Crippen molar-refractivity contribution in [3.63, 3.8) is 0 Å². The smallest absolute Gasteiger partial charge is 0.224 e. The molecule has 1 aromatic carbocycles. The molecule has 2 aliphatic heterocycles. The van der Waals surface area contributed by atoms with Gasteiger partial charge in [-0.2, -0.15) is 0 Å². The van der Waals surface area contributed by atoms with Crippen molar-refractivity contribution in [2.75, 3.05) is 32.7 Å². The zero-order chi connectivity index (χ0) is 19.1. The summed E-state index contributed by atoms with van der Waals surface area (Å²) in [7, 11) is 0. The van der Waals surface area contributed by atoms with Crippen LogP contribution in [0.25, 0.3) is 0 Å². The highest BCUT2D eigenvalue weighted by atomic mass is 16.2. The first-order valence-electron chi connectivity index (χ1n) is 10.5. The summed E-state index contributed by atoms with van der Waals surface area (Å²) < 4.78 is 0. The molecule has 2 atom stereocenters. The Kier molecular flexibility index (Phi) is 7.27. The van der Waals surface area contributed by atoms with Crippen LogP contribution < -0.4 is 5.32 Å². The Morgan fingerprint density at radius 2 is 1.85 bits per heavy atom. The molecule has 0 aromatic heterocycles. The number of amides is 2. The lowest BCUT2D eigenvalue weighted by Gasteiger charge is -2.34. The summed E-state index contributed by atoms with van der Waals surface area (Å²) in [5, 5.41) is 3.18. The molecular formula is C22H33N3O2. The summed E-state index contributed by atoms with van der Waals surface area (Å²) in [5.41, 5.74) is 1.35. The van der Waals surface area contributed by atoms with Crippen molar-refractivity contribution in [2.24, 2.45) is 11.8 Å². The molecule has 0 radical (unpaired) electrons. The number of piperidine rings is 2. The topological polar surface area (TPSA) is 52.7 Å². The van der Waals surface area contributed by atoms with E-state index >= 15 is 0 Å². The maximum absolute atomic E-state index is 12.6. The molecule has 0 bridgehead atoms. The van der Waals surface area contributed by atoms with Crippen LogP contribution in [0.5, 0.6) is 0 Å². The quantitative estimate of drug-likeness (QED) is 0.836. The maximum Gasteiger partial charge on any atom is 0.224 e. The fraction of sp³-hybridized carbons (Fsp3) is 0.636. The SMILES string of the molecule is CCC(=O)N1CCCC(C(=O)NCC2CCCN(Cc3ccccc3)C2)C1. The van der Waals surface area contributed by atoms with Gasteiger partial charge in [-0.1, -0.05) is 37.3 Å². The van der Waals surface area contributed by atoms with Crippen LogP contribution in [0.2, 0.25) is 0 Å². The Morgan fingerprint density at radius 3 is 2.63 bits per heavy atom. The minimum atomic E-state index is -0.0433. The highest BCUT2D eigenvalue weighted by Gasteiger charge is 2.28. The molecule has 2 aliphatic rings. The van der Waals surface area contributed by atoms with Crippen LogP contribution in [0.1, 0.15) is 44.6 Å². The summed E-state index contributed by atoms with van der Waals surface area (Å²) >= 11 is 0. The van der Waals surface area contributed by atoms with E-state index in [1.54, 1.807) is 0 Å². The van der Waals surface area contributed by atoms with E-state index in [0.29, 0.717) is 18.9 Å². The van der Waals surface area contributed by atoms with Gasteiger partial charge in [0.25, 0.3) is 0 Å². The van der Waals surface area contributed by atoms with Crippen molar-refractivity contribution in [1.29, 1.82) is 0 Å². The number of hydrogen-bond donors (Lipinski definition) is 1. The minimum Gasteiger partial charge on any atom is -0.355 e. The molecule has 2 heterocycles. The van der Waals surface area contributed by atoms with Crippen molar-refractivity contribution in [1.82, 2.24) is 15.1 Å². The van der Waals surface area contributed by atoms with Gasteiger partial charge >= 0.3 is 0 Å². The maximum atomic E-state index is 12.6. The van der Waals surface area contributed by atoms with Gasteiger partial charge in [-0.3, -0.25) is 14.5 Å². The van der Waals surface area contributed by atoms with Gasteiger partial charge in [-0.05, 0) is 43.7 Å². The van der Waals surface area contributed by atoms with Crippen LogP contribution in [0.15, 0.2) is 30.3 Å². The molecule has 5 heteroatoms. The zero-order valence-corrected chi connectivity index (χ0v) is 16.5. The first-order valence-corrected chi connectivity index (χ1v) is 10.5. The van der Waals surface area contributed by atoms with Gasteiger partial charge in [0.05, 0.1) is 5.92 Å². The average molecular weight is 372 g/mol. The van der Waals surface area contributed by atoms with Crippen molar-refractivity contribution in [2.45, 2.75) is 45.6 Å². The molecule has 27 heavy (non-hydrogen) atoms. The van der Waals surface area contributed by atoms with E-state index < -0.39 is 0 Å². The van der Waals surface area contributed by atoms with Crippen molar-refractivity contribution in [3.05, 3.63) is 35.9 Å². The van der Waals surface area contributed by atoms with E-state index in [4.69, 9.17) is 0 Å². The van der Waals surface area contributed by atoms with E-state index in [1.807, 2.05) is 11.8 Å². The zero-order valence-electron chi connectivity index (χ0n) is 16.5. The van der Waals surface area contributed by atoms with Crippen LogP contribution >= 0.6 is 0 Å². The first-order chi connectivity index (χ1) is 13.2. The largest absolute Gasteiger partial charge is 0.355 e. The highest BCUT2D eigenvalue weighted by Crippen LogP contribution is 2.20. The molecule has 1 N–H and O–H groups in total. The lowest BCUT2D eigenvalue weighted by Crippen LogP contribution is -2.47. The second-order valence-corrected chi connectivity index (χ2v) is 8.01. The Balaban J connectivity index is 1.43. The summed E-state index contributed by atoms with van der Waals surface area (Å²) in [6.07, 6.45) is 4.71. The predicted molar refractivity (Wildman–Crippen MR) is 107 cm³/mol. The predicted octanol–water partition coefficient (Wildman–Crippen LogP) is 2.66. The van der Waals surface area contributed by atoms with Crippen LogP contribution in [0, 0.1) is 11.8 Å². The highest BCUT2D eigenvalue weighted by molar-refractivity contribution is 5.81. The second kappa shape index (κ2) is 9.88. The van der Waals surface area contributed by atoms with E-state index in [2.05, 4.69) is 40.5 Å². The molecule has 0 spiro atoms. The standard InChI is InChI=1S/C22H33N3O2/c1-2-21(26)25-13-7-11-20(17-25)22(27)23-14-19-10-6-12-24(16-19)15-18-8-4-3-5-9-18/h3-5,8-9,19-20H,2,6-7,10-17H2,1H3,(H,23,27). The van der Waals surface area contributed by atoms with Crippen LogP contribution in [0.4, 0.5) is 0 Å². The summed E-state index contributed by atoms with van der Waals surface area (Å²) in [6.45, 7) is 7.19. The van der Waals surface area contributed by atoms with Gasteiger partial charge in [-0.25, -0.2) is 0 Å². The Labute approximate surface area is 163 Å². The molecule has 2 unspecified atom stereocenters. The Hall–Kier alpha value is -1.88. The normalized spacial score (nSPS) is 23.8. The number of carbonyl (C=O) groups is 2. The van der Waals surface area contributed by atoms with Crippen LogP contribution in [-0.2, 0) is 16.1 Å². The van der Waals surface area contributed by atoms with Gasteiger partial charge in [-0.15, -0.1) is 0 Å². The molecule has 2 fully saturated rings. The third-order valence-corrected chi connectivity index (χ3v) is 5.86. The first kappa shape index (κ1) is 19.9. The number of nitrogens with zero attached hydrogens (tertiary/aromatic N) is 2. The summed E-state index contributed by atoms with van der Waals surface area (Å²) in [5.74, 6) is 0.766. The van der Waals surface area contributed by atoms with Crippen molar-refractivity contribution >= 4 is 11.8 Å². The van der Waals surface area contributed by atoms with E-state index in [0.717, 1.165) is 45.6 Å². The fourth-order valence-corrected chi connectivity index (χ4v) is 4.33. The van der Waals surface area contributed by atoms with Gasteiger partial charge < -0.3 is 10.2 Å².